The Morgan fingerprint density at radius 3 is 2.65 bits per heavy atom. The highest BCUT2D eigenvalue weighted by Crippen LogP contribution is 2.37. The number of rotatable bonds is 5. The van der Waals surface area contributed by atoms with Crippen LogP contribution in [0.1, 0.15) is 6.42 Å². The maximum absolute atomic E-state index is 12.8. The summed E-state index contributed by atoms with van der Waals surface area (Å²) in [7, 11) is -0.975. The van der Waals surface area contributed by atoms with Gasteiger partial charge in [0.2, 0.25) is 28.6 Å². The van der Waals surface area contributed by atoms with Crippen molar-refractivity contribution >= 4 is 33.2 Å². The van der Waals surface area contributed by atoms with E-state index >= 15 is 0 Å². The van der Waals surface area contributed by atoms with Crippen molar-refractivity contribution in [3.63, 3.8) is 0 Å². The fraction of sp³-hybridized carbons (Fsp3) is 0.300. The molecule has 2 aromatic rings. The van der Waals surface area contributed by atoms with Crippen molar-refractivity contribution in [2.75, 3.05) is 37.6 Å². The number of nitrogens with zero attached hydrogens (tertiary/aromatic N) is 2. The monoisotopic (exact) mass is 447 g/mol. The standard InChI is InChI=1S/C20H21N3O7S/c1-22(2)31(27,28)14-4-5-16(24)15(9-14)21-20(26)12-7-19(25)23(10-12)13-3-6-17-18(8-13)30-11-29-17/h3-6,8-9,12,24H,7,10-11H2,1-2H3,(H,21,26). The van der Waals surface area contributed by atoms with Gasteiger partial charge in [0.1, 0.15) is 5.75 Å². The normalized spacial score (nSPS) is 18.0. The van der Waals surface area contributed by atoms with Crippen LogP contribution in [0.4, 0.5) is 11.4 Å². The molecule has 164 valence electrons. The van der Waals surface area contributed by atoms with E-state index < -0.39 is 21.8 Å². The van der Waals surface area contributed by atoms with Crippen molar-refractivity contribution < 1.29 is 32.6 Å². The molecule has 2 heterocycles. The summed E-state index contributed by atoms with van der Waals surface area (Å²) >= 11 is 0. The third-order valence-corrected chi connectivity index (χ3v) is 6.98. The van der Waals surface area contributed by atoms with Crippen LogP contribution in [0.3, 0.4) is 0 Å². The van der Waals surface area contributed by atoms with Crippen LogP contribution in [0.25, 0.3) is 0 Å². The number of sulfonamides is 1. The van der Waals surface area contributed by atoms with Gasteiger partial charge in [0.25, 0.3) is 0 Å². The van der Waals surface area contributed by atoms with Crippen molar-refractivity contribution in [3.05, 3.63) is 36.4 Å². The maximum Gasteiger partial charge on any atom is 0.242 e. The minimum absolute atomic E-state index is 0.0171. The number of fused-ring (bicyclic) bond motifs is 1. The van der Waals surface area contributed by atoms with Gasteiger partial charge in [-0.3, -0.25) is 9.59 Å². The van der Waals surface area contributed by atoms with Gasteiger partial charge in [-0.1, -0.05) is 0 Å². The number of hydrogen-bond donors (Lipinski definition) is 2. The Labute approximate surface area is 179 Å². The molecule has 1 atom stereocenters. The highest BCUT2D eigenvalue weighted by atomic mass is 32.2. The van der Waals surface area contributed by atoms with Gasteiger partial charge in [0.05, 0.1) is 16.5 Å². The number of phenols is 1. The molecule has 2 N–H and O–H groups in total. The smallest absolute Gasteiger partial charge is 0.242 e. The summed E-state index contributed by atoms with van der Waals surface area (Å²) in [5.41, 5.74) is 0.549. The summed E-state index contributed by atoms with van der Waals surface area (Å²) in [6.07, 6.45) is -0.0171. The summed E-state index contributed by atoms with van der Waals surface area (Å²) in [5, 5.41) is 12.6. The number of amides is 2. The van der Waals surface area contributed by atoms with Gasteiger partial charge < -0.3 is 24.8 Å². The Morgan fingerprint density at radius 2 is 1.90 bits per heavy atom. The molecule has 2 aromatic carbocycles. The van der Waals surface area contributed by atoms with Crippen molar-refractivity contribution in [3.8, 4) is 17.2 Å². The highest BCUT2D eigenvalue weighted by molar-refractivity contribution is 7.89. The average molecular weight is 447 g/mol. The fourth-order valence-corrected chi connectivity index (χ4v) is 4.34. The van der Waals surface area contributed by atoms with Gasteiger partial charge in [0, 0.05) is 38.8 Å². The van der Waals surface area contributed by atoms with Crippen LogP contribution < -0.4 is 19.7 Å². The number of carbonyl (C=O) groups is 2. The number of carbonyl (C=O) groups excluding carboxylic acids is 2. The zero-order valence-corrected chi connectivity index (χ0v) is 17.7. The SMILES string of the molecule is CN(C)S(=O)(=O)c1ccc(O)c(NC(=O)C2CC(=O)N(c3ccc4c(c3)OCO4)C2)c1. The molecule has 0 spiro atoms. The summed E-state index contributed by atoms with van der Waals surface area (Å²) in [5.74, 6) is -0.553. The molecular weight excluding hydrogens is 426 g/mol. The number of nitrogens with one attached hydrogen (secondary N) is 1. The molecule has 11 heteroatoms. The van der Waals surface area contributed by atoms with E-state index in [0.29, 0.717) is 17.2 Å². The molecule has 2 aliphatic rings. The average Bonchev–Trinajstić information content (AvgIpc) is 3.35. The highest BCUT2D eigenvalue weighted by Gasteiger charge is 2.36. The molecule has 31 heavy (non-hydrogen) atoms. The first-order valence-corrected chi connectivity index (χ1v) is 10.9. The zero-order chi connectivity index (χ0) is 22.3. The maximum atomic E-state index is 12.8. The number of ether oxygens (including phenoxy) is 2. The van der Waals surface area contributed by atoms with Crippen molar-refractivity contribution in [1.82, 2.24) is 4.31 Å². The minimum atomic E-state index is -3.74. The molecule has 1 unspecified atom stereocenters. The van der Waals surface area contributed by atoms with Gasteiger partial charge in [-0.15, -0.1) is 0 Å². The van der Waals surface area contributed by atoms with Gasteiger partial charge in [-0.05, 0) is 30.3 Å². The zero-order valence-electron chi connectivity index (χ0n) is 16.9. The first kappa shape index (κ1) is 20.9. The molecule has 0 bridgehead atoms. The van der Waals surface area contributed by atoms with Crippen molar-refractivity contribution in [2.45, 2.75) is 11.3 Å². The topological polar surface area (TPSA) is 125 Å². The molecule has 2 amide bonds. The Hall–Kier alpha value is -3.31. The molecule has 10 nitrogen and oxygen atoms in total. The second-order valence-electron chi connectivity index (χ2n) is 7.40. The lowest BCUT2D eigenvalue weighted by atomic mass is 10.1. The molecule has 0 radical (unpaired) electrons. The molecule has 0 saturated carbocycles. The Morgan fingerprint density at radius 1 is 1.16 bits per heavy atom. The van der Waals surface area contributed by atoms with E-state index in [1.165, 1.54) is 37.2 Å². The minimum Gasteiger partial charge on any atom is -0.506 e. The third kappa shape index (κ3) is 3.89. The molecule has 0 aliphatic carbocycles. The van der Waals surface area contributed by atoms with Gasteiger partial charge >= 0.3 is 0 Å². The van der Waals surface area contributed by atoms with E-state index in [2.05, 4.69) is 5.32 Å². The predicted molar refractivity (Wildman–Crippen MR) is 111 cm³/mol. The number of aromatic hydroxyl groups is 1. The molecule has 2 aliphatic heterocycles. The Balaban J connectivity index is 1.50. The van der Waals surface area contributed by atoms with E-state index in [4.69, 9.17) is 9.47 Å². The van der Waals surface area contributed by atoms with E-state index in [1.54, 1.807) is 18.2 Å². The quantitative estimate of drug-likeness (QED) is 0.663. The fourth-order valence-electron chi connectivity index (χ4n) is 3.41. The van der Waals surface area contributed by atoms with Gasteiger partial charge in [0.15, 0.2) is 11.5 Å². The first-order chi connectivity index (χ1) is 14.7. The second-order valence-corrected chi connectivity index (χ2v) is 9.55. The number of benzene rings is 2. The number of hydrogen-bond acceptors (Lipinski definition) is 7. The van der Waals surface area contributed by atoms with Gasteiger partial charge in [-0.25, -0.2) is 12.7 Å². The van der Waals surface area contributed by atoms with Crippen LogP contribution in [0.15, 0.2) is 41.3 Å². The van der Waals surface area contributed by atoms with E-state index in [-0.39, 0.29) is 42.0 Å². The van der Waals surface area contributed by atoms with E-state index in [9.17, 15) is 23.1 Å². The van der Waals surface area contributed by atoms with E-state index in [0.717, 1.165) is 4.31 Å². The Bertz CT molecular complexity index is 1160. The lowest BCUT2D eigenvalue weighted by molar-refractivity contribution is -0.122. The van der Waals surface area contributed by atoms with Crippen molar-refractivity contribution in [2.24, 2.45) is 5.92 Å². The lowest BCUT2D eigenvalue weighted by Crippen LogP contribution is -2.28. The van der Waals surface area contributed by atoms with Crippen LogP contribution >= 0.6 is 0 Å². The third-order valence-electron chi connectivity index (χ3n) is 5.17. The summed E-state index contributed by atoms with van der Waals surface area (Å²) in [6.45, 7) is 0.255. The predicted octanol–water partition coefficient (Wildman–Crippen LogP) is 1.36. The second kappa shape index (κ2) is 7.75. The van der Waals surface area contributed by atoms with Crippen molar-refractivity contribution in [1.29, 1.82) is 0 Å². The lowest BCUT2D eigenvalue weighted by Gasteiger charge is -2.17. The van der Waals surface area contributed by atoms with Gasteiger partial charge in [-0.2, -0.15) is 0 Å². The van der Waals surface area contributed by atoms with Crippen LogP contribution in [0.2, 0.25) is 0 Å². The Kier molecular flexibility index (Phi) is 5.23. The van der Waals surface area contributed by atoms with E-state index in [1.807, 2.05) is 0 Å². The molecule has 1 saturated heterocycles. The first-order valence-electron chi connectivity index (χ1n) is 9.43. The summed E-state index contributed by atoms with van der Waals surface area (Å²) < 4.78 is 36.3. The van der Waals surface area contributed by atoms with Crippen LogP contribution in [0.5, 0.6) is 17.2 Å². The van der Waals surface area contributed by atoms with Crippen LogP contribution in [-0.4, -0.2) is 57.1 Å². The van der Waals surface area contributed by atoms with Crippen LogP contribution in [-0.2, 0) is 19.6 Å². The molecule has 4 rings (SSSR count). The number of anilines is 2. The number of phenolic OH excluding ortho intramolecular Hbond substituents is 1. The summed E-state index contributed by atoms with van der Waals surface area (Å²) in [4.78, 5) is 26.7. The largest absolute Gasteiger partial charge is 0.506 e. The molecule has 1 fully saturated rings. The molecule has 0 aromatic heterocycles. The summed E-state index contributed by atoms with van der Waals surface area (Å²) in [6, 6.07) is 8.74. The molecular formula is C20H21N3O7S. The van der Waals surface area contributed by atoms with Crippen LogP contribution in [0, 0.1) is 5.92 Å².